The van der Waals surface area contributed by atoms with E-state index >= 15 is 0 Å². The number of imidazole rings is 1. The average Bonchev–Trinajstić information content (AvgIpc) is 3.09. The predicted octanol–water partition coefficient (Wildman–Crippen LogP) is 1.88. The number of amides is 3. The van der Waals surface area contributed by atoms with Crippen molar-refractivity contribution >= 4 is 34.6 Å². The van der Waals surface area contributed by atoms with E-state index in [-0.39, 0.29) is 12.2 Å². The van der Waals surface area contributed by atoms with Gasteiger partial charge in [0, 0.05) is 18.3 Å². The molecule has 3 amide bonds. The fourth-order valence-corrected chi connectivity index (χ4v) is 3.63. The number of urea groups is 1. The maximum Gasteiger partial charge on any atom is 0.329 e. The number of benzene rings is 2. The third kappa shape index (κ3) is 5.03. The molecule has 1 aliphatic heterocycles. The number of esters is 1. The van der Waals surface area contributed by atoms with Crippen molar-refractivity contribution in [3.05, 3.63) is 52.9 Å². The minimum atomic E-state index is -0.816. The summed E-state index contributed by atoms with van der Waals surface area (Å²) >= 11 is 0. The number of nitrogens with one attached hydrogen (secondary N) is 2. The molecule has 1 aliphatic rings. The minimum Gasteiger partial charge on any atom is -0.486 e. The van der Waals surface area contributed by atoms with Gasteiger partial charge in [-0.2, -0.15) is 0 Å². The Hall–Kier alpha value is -4.28. The number of anilines is 1. The molecule has 3 aromatic rings. The van der Waals surface area contributed by atoms with E-state index < -0.39 is 24.5 Å². The van der Waals surface area contributed by atoms with Gasteiger partial charge in [0.15, 0.2) is 18.1 Å². The number of para-hydroxylation sites is 2. The number of carbonyl (C=O) groups is 3. The van der Waals surface area contributed by atoms with E-state index in [9.17, 15) is 19.2 Å². The highest BCUT2D eigenvalue weighted by molar-refractivity contribution is 6.02. The van der Waals surface area contributed by atoms with Crippen molar-refractivity contribution in [2.24, 2.45) is 0 Å². The number of rotatable bonds is 7. The van der Waals surface area contributed by atoms with Crippen LogP contribution in [0.4, 0.5) is 10.5 Å². The van der Waals surface area contributed by atoms with Crippen molar-refractivity contribution < 1.29 is 28.6 Å². The molecule has 11 nitrogen and oxygen atoms in total. The lowest BCUT2D eigenvalue weighted by molar-refractivity contribution is -0.148. The van der Waals surface area contributed by atoms with Crippen LogP contribution in [0.3, 0.4) is 0 Å². The fraction of sp³-hybridized carbons (Fsp3) is 0.304. The summed E-state index contributed by atoms with van der Waals surface area (Å²) in [5.74, 6) is -0.537. The first-order valence-corrected chi connectivity index (χ1v) is 10.8. The summed E-state index contributed by atoms with van der Waals surface area (Å²) in [4.78, 5) is 49.1. The maximum absolute atomic E-state index is 12.7. The lowest BCUT2D eigenvalue weighted by Crippen LogP contribution is -2.37. The number of aryl methyl sites for hydroxylation is 1. The van der Waals surface area contributed by atoms with E-state index in [4.69, 9.17) is 14.2 Å². The highest BCUT2D eigenvalue weighted by Gasteiger charge is 2.18. The van der Waals surface area contributed by atoms with Crippen LogP contribution in [0, 0.1) is 0 Å². The summed E-state index contributed by atoms with van der Waals surface area (Å²) in [6, 6.07) is 11.2. The Labute approximate surface area is 194 Å². The summed E-state index contributed by atoms with van der Waals surface area (Å²) in [6.45, 7) is 2.29. The van der Waals surface area contributed by atoms with Crippen molar-refractivity contribution in [3.8, 4) is 11.5 Å². The molecule has 0 saturated carbocycles. The molecule has 0 fully saturated rings. The normalized spacial score (nSPS) is 12.3. The summed E-state index contributed by atoms with van der Waals surface area (Å²) in [7, 11) is 0. The van der Waals surface area contributed by atoms with Crippen LogP contribution in [0.15, 0.2) is 47.3 Å². The maximum atomic E-state index is 12.7. The number of carbonyl (C=O) groups excluding carboxylic acids is 3. The second-order valence-electron chi connectivity index (χ2n) is 7.53. The van der Waals surface area contributed by atoms with E-state index in [0.717, 1.165) is 11.9 Å². The van der Waals surface area contributed by atoms with Gasteiger partial charge in [-0.15, -0.1) is 0 Å². The standard InChI is InChI=1S/C23H24N4O7/c1-2-9-26-16-5-3-4-6-17(16)27(23(26)31)13-21(29)34-14-20(28)25-22(30)24-15-7-8-18-19(12-15)33-11-10-32-18/h3-8,12H,2,9-11,13-14H2,1H3,(H2,24,25,28,30). The molecule has 0 unspecified atom stereocenters. The number of hydrogen-bond donors (Lipinski definition) is 2. The van der Waals surface area contributed by atoms with Crippen LogP contribution < -0.4 is 25.8 Å². The van der Waals surface area contributed by atoms with E-state index in [2.05, 4.69) is 10.6 Å². The third-order valence-corrected chi connectivity index (χ3v) is 5.08. The molecule has 0 radical (unpaired) electrons. The third-order valence-electron chi connectivity index (χ3n) is 5.08. The van der Waals surface area contributed by atoms with Gasteiger partial charge in [-0.1, -0.05) is 19.1 Å². The van der Waals surface area contributed by atoms with E-state index in [1.165, 1.54) is 4.57 Å². The zero-order valence-corrected chi connectivity index (χ0v) is 18.5. The molecule has 0 aliphatic carbocycles. The van der Waals surface area contributed by atoms with Gasteiger partial charge in [-0.05, 0) is 30.7 Å². The number of imide groups is 1. The molecule has 11 heteroatoms. The van der Waals surface area contributed by atoms with E-state index in [1.54, 1.807) is 34.9 Å². The Bertz CT molecular complexity index is 1290. The molecule has 0 atom stereocenters. The molecule has 1 aromatic heterocycles. The van der Waals surface area contributed by atoms with Crippen LogP contribution in [0.5, 0.6) is 11.5 Å². The van der Waals surface area contributed by atoms with Crippen LogP contribution in [-0.4, -0.2) is 46.9 Å². The summed E-state index contributed by atoms with van der Waals surface area (Å²) in [5.41, 5.74) is 1.38. The number of ether oxygens (including phenoxy) is 3. The largest absolute Gasteiger partial charge is 0.486 e. The van der Waals surface area contributed by atoms with Crippen LogP contribution >= 0.6 is 0 Å². The summed E-state index contributed by atoms with van der Waals surface area (Å²) in [6.07, 6.45) is 0.757. The van der Waals surface area contributed by atoms with Gasteiger partial charge >= 0.3 is 17.7 Å². The Balaban J connectivity index is 1.30. The van der Waals surface area contributed by atoms with Gasteiger partial charge in [0.1, 0.15) is 19.8 Å². The van der Waals surface area contributed by atoms with Crippen LogP contribution in [-0.2, 0) is 27.4 Å². The molecule has 2 aromatic carbocycles. The van der Waals surface area contributed by atoms with Gasteiger partial charge in [-0.3, -0.25) is 24.0 Å². The van der Waals surface area contributed by atoms with Crippen molar-refractivity contribution in [1.29, 1.82) is 0 Å². The zero-order chi connectivity index (χ0) is 24.1. The molecular formula is C23H24N4O7. The van der Waals surface area contributed by atoms with Crippen molar-refractivity contribution in [3.63, 3.8) is 0 Å². The first-order valence-electron chi connectivity index (χ1n) is 10.8. The lowest BCUT2D eigenvalue weighted by atomic mass is 10.2. The van der Waals surface area contributed by atoms with Crippen molar-refractivity contribution in [2.45, 2.75) is 26.4 Å². The van der Waals surface area contributed by atoms with Gasteiger partial charge < -0.3 is 19.5 Å². The number of aromatic nitrogens is 2. The summed E-state index contributed by atoms with van der Waals surface area (Å²) in [5, 5.41) is 4.58. The molecule has 34 heavy (non-hydrogen) atoms. The zero-order valence-electron chi connectivity index (χ0n) is 18.5. The molecule has 0 saturated heterocycles. The highest BCUT2D eigenvalue weighted by Crippen LogP contribution is 2.32. The molecule has 4 rings (SSSR count). The first-order chi connectivity index (χ1) is 16.5. The van der Waals surface area contributed by atoms with E-state index in [0.29, 0.717) is 42.5 Å². The Morgan fingerprint density at radius 3 is 2.44 bits per heavy atom. The monoisotopic (exact) mass is 468 g/mol. The fourth-order valence-electron chi connectivity index (χ4n) is 3.63. The number of hydrogen-bond acceptors (Lipinski definition) is 7. The molecular weight excluding hydrogens is 444 g/mol. The van der Waals surface area contributed by atoms with Crippen LogP contribution in [0.2, 0.25) is 0 Å². The lowest BCUT2D eigenvalue weighted by Gasteiger charge is -2.19. The molecule has 0 spiro atoms. The average molecular weight is 468 g/mol. The number of nitrogens with zero attached hydrogens (tertiary/aromatic N) is 2. The Morgan fingerprint density at radius 2 is 1.71 bits per heavy atom. The SMILES string of the molecule is CCCn1c(=O)n(CC(=O)OCC(=O)NC(=O)Nc2ccc3c(c2)OCCO3)c2ccccc21. The van der Waals surface area contributed by atoms with Gasteiger partial charge in [0.05, 0.1) is 11.0 Å². The number of fused-ring (bicyclic) bond motifs is 2. The van der Waals surface area contributed by atoms with Crippen LogP contribution in [0.25, 0.3) is 11.0 Å². The smallest absolute Gasteiger partial charge is 0.329 e. The van der Waals surface area contributed by atoms with Gasteiger partial charge in [0.2, 0.25) is 0 Å². The second-order valence-corrected chi connectivity index (χ2v) is 7.53. The quantitative estimate of drug-likeness (QED) is 0.507. The molecule has 2 heterocycles. The van der Waals surface area contributed by atoms with Crippen molar-refractivity contribution in [2.75, 3.05) is 25.1 Å². The van der Waals surface area contributed by atoms with Gasteiger partial charge in [-0.25, -0.2) is 9.59 Å². The van der Waals surface area contributed by atoms with Gasteiger partial charge in [0.25, 0.3) is 5.91 Å². The molecule has 178 valence electrons. The Kier molecular flexibility index (Phi) is 6.81. The Morgan fingerprint density at radius 1 is 1.00 bits per heavy atom. The molecule has 0 bridgehead atoms. The summed E-state index contributed by atoms with van der Waals surface area (Å²) < 4.78 is 18.7. The first kappa shape index (κ1) is 22.9. The minimum absolute atomic E-state index is 0.330. The second kappa shape index (κ2) is 10.1. The molecule has 2 N–H and O–H groups in total. The van der Waals surface area contributed by atoms with Crippen molar-refractivity contribution in [1.82, 2.24) is 14.5 Å². The van der Waals surface area contributed by atoms with Crippen LogP contribution in [0.1, 0.15) is 13.3 Å². The highest BCUT2D eigenvalue weighted by atomic mass is 16.6. The topological polar surface area (TPSA) is 130 Å². The van der Waals surface area contributed by atoms with E-state index in [1.807, 2.05) is 19.1 Å². The predicted molar refractivity (Wildman–Crippen MR) is 122 cm³/mol.